The molecule has 1 aromatic carbocycles. The van der Waals surface area contributed by atoms with Crippen molar-refractivity contribution < 1.29 is 9.47 Å². The molecule has 1 atom stereocenters. The molecule has 0 fully saturated rings. The summed E-state index contributed by atoms with van der Waals surface area (Å²) in [6.45, 7) is 7.40. The van der Waals surface area contributed by atoms with Gasteiger partial charge in [0.1, 0.15) is 6.61 Å². The van der Waals surface area contributed by atoms with Crippen molar-refractivity contribution in [1.82, 2.24) is 9.80 Å². The Kier molecular flexibility index (Phi) is 7.09. The maximum absolute atomic E-state index is 5.91. The van der Waals surface area contributed by atoms with Gasteiger partial charge in [0.25, 0.3) is 0 Å². The Morgan fingerprint density at radius 1 is 1.21 bits per heavy atom. The van der Waals surface area contributed by atoms with E-state index in [1.807, 2.05) is 42.5 Å². The largest absolute Gasteiger partial charge is 0.485 e. The molecule has 130 valence electrons. The zero-order valence-electron chi connectivity index (χ0n) is 14.9. The van der Waals surface area contributed by atoms with Crippen LogP contribution in [0.3, 0.4) is 0 Å². The van der Waals surface area contributed by atoms with Crippen molar-refractivity contribution in [3.8, 4) is 11.5 Å². The number of hydrogen-bond acceptors (Lipinski definition) is 4. The molecule has 0 aromatic heterocycles. The topological polar surface area (TPSA) is 24.9 Å². The van der Waals surface area contributed by atoms with Crippen LogP contribution in [0, 0.1) is 0 Å². The molecule has 0 amide bonds. The van der Waals surface area contributed by atoms with Crippen molar-refractivity contribution >= 4 is 0 Å². The smallest absolute Gasteiger partial charge is 0.162 e. The number of likely N-dealkylation sites (N-methyl/N-ethyl adjacent to an activating group) is 2. The Labute approximate surface area is 145 Å². The fourth-order valence-corrected chi connectivity index (χ4v) is 2.38. The molecule has 0 radical (unpaired) electrons. The molecule has 0 aliphatic carbocycles. The number of hydrogen-bond donors (Lipinski definition) is 0. The molecular formula is C20H28N2O2. The quantitative estimate of drug-likeness (QED) is 0.685. The third-order valence-corrected chi connectivity index (χ3v) is 3.81. The van der Waals surface area contributed by atoms with Crippen LogP contribution >= 0.6 is 0 Å². The Balaban J connectivity index is 1.86. The molecule has 4 nitrogen and oxygen atoms in total. The minimum Gasteiger partial charge on any atom is -0.485 e. The molecule has 4 heteroatoms. The lowest BCUT2D eigenvalue weighted by atomic mass is 10.2. The van der Waals surface area contributed by atoms with E-state index in [9.17, 15) is 0 Å². The zero-order chi connectivity index (χ0) is 17.4. The van der Waals surface area contributed by atoms with E-state index in [1.54, 1.807) is 0 Å². The third-order valence-electron chi connectivity index (χ3n) is 3.81. The van der Waals surface area contributed by atoms with Gasteiger partial charge in [-0.2, -0.15) is 0 Å². The van der Waals surface area contributed by atoms with Crippen molar-refractivity contribution in [2.24, 2.45) is 0 Å². The lowest BCUT2D eigenvalue weighted by molar-refractivity contribution is 0.123. The molecule has 0 unspecified atom stereocenters. The highest BCUT2D eigenvalue weighted by atomic mass is 16.6. The third kappa shape index (κ3) is 5.87. The van der Waals surface area contributed by atoms with Gasteiger partial charge in [0.2, 0.25) is 0 Å². The number of rotatable bonds is 8. The second-order valence-electron chi connectivity index (χ2n) is 6.29. The Morgan fingerprint density at radius 3 is 2.67 bits per heavy atom. The Morgan fingerprint density at radius 2 is 1.96 bits per heavy atom. The van der Waals surface area contributed by atoms with E-state index in [4.69, 9.17) is 9.47 Å². The van der Waals surface area contributed by atoms with Crippen LogP contribution in [-0.2, 0) is 0 Å². The normalized spacial score (nSPS) is 17.7. The number of fused-ring (bicyclic) bond motifs is 1. The summed E-state index contributed by atoms with van der Waals surface area (Å²) in [5.41, 5.74) is 1.18. The summed E-state index contributed by atoms with van der Waals surface area (Å²) in [6, 6.07) is 7.76. The average molecular weight is 328 g/mol. The van der Waals surface area contributed by atoms with Gasteiger partial charge in [0.15, 0.2) is 17.6 Å². The minimum atomic E-state index is -0.0614. The lowest BCUT2D eigenvalue weighted by Crippen LogP contribution is -2.29. The van der Waals surface area contributed by atoms with Crippen molar-refractivity contribution in [3.05, 3.63) is 60.7 Å². The second-order valence-corrected chi connectivity index (χ2v) is 6.29. The highest BCUT2D eigenvalue weighted by Gasteiger charge is 2.17. The fourth-order valence-electron chi connectivity index (χ4n) is 2.38. The molecule has 2 rings (SSSR count). The molecule has 24 heavy (non-hydrogen) atoms. The van der Waals surface area contributed by atoms with E-state index < -0.39 is 0 Å². The van der Waals surface area contributed by atoms with E-state index in [2.05, 4.69) is 43.6 Å². The van der Waals surface area contributed by atoms with Gasteiger partial charge in [-0.1, -0.05) is 36.9 Å². The van der Waals surface area contributed by atoms with E-state index in [0.717, 1.165) is 31.1 Å². The number of nitrogens with zero attached hydrogens (tertiary/aromatic N) is 2. The van der Waals surface area contributed by atoms with Crippen LogP contribution in [0.15, 0.2) is 60.7 Å². The van der Waals surface area contributed by atoms with Crippen LogP contribution in [-0.4, -0.2) is 63.3 Å². The molecule has 1 aliphatic heterocycles. The van der Waals surface area contributed by atoms with E-state index in [0.29, 0.717) is 6.61 Å². The molecule has 0 saturated heterocycles. The molecule has 0 N–H and O–H groups in total. The SMILES string of the molecule is C=C/C(=C\C=C\[C@H]1COc2ccccc2O1)CN(C)CCN(C)C. The van der Waals surface area contributed by atoms with E-state index >= 15 is 0 Å². The van der Waals surface area contributed by atoms with Crippen molar-refractivity contribution in [1.29, 1.82) is 0 Å². The molecule has 0 spiro atoms. The summed E-state index contributed by atoms with van der Waals surface area (Å²) in [6.07, 6.45) is 7.99. The van der Waals surface area contributed by atoms with Crippen LogP contribution in [0.2, 0.25) is 0 Å². The second kappa shape index (κ2) is 9.30. The van der Waals surface area contributed by atoms with Gasteiger partial charge in [-0.3, -0.25) is 0 Å². The van der Waals surface area contributed by atoms with E-state index in [-0.39, 0.29) is 6.10 Å². The molecular weight excluding hydrogens is 300 g/mol. The molecule has 1 aliphatic rings. The molecule has 0 saturated carbocycles. The van der Waals surface area contributed by atoms with E-state index in [1.165, 1.54) is 5.57 Å². The Hall–Kier alpha value is -2.04. The van der Waals surface area contributed by atoms with Crippen molar-refractivity contribution in [3.63, 3.8) is 0 Å². The zero-order valence-corrected chi connectivity index (χ0v) is 14.9. The molecule has 1 heterocycles. The number of para-hydroxylation sites is 2. The number of allylic oxidation sites excluding steroid dienone is 2. The average Bonchev–Trinajstić information content (AvgIpc) is 2.59. The summed E-state index contributed by atoms with van der Waals surface area (Å²) in [5, 5.41) is 0. The maximum atomic E-state index is 5.91. The standard InChI is InChI=1S/C20H28N2O2/c1-5-17(15-22(4)14-13-21(2)3)9-8-10-18-16-23-19-11-6-7-12-20(19)24-18/h5-12,18H,1,13-16H2,2-4H3/b10-8+,17-9+/t18-/m0/s1. The fraction of sp³-hybridized carbons (Fsp3) is 0.400. The van der Waals surface area contributed by atoms with Crippen molar-refractivity contribution in [2.45, 2.75) is 6.10 Å². The number of benzene rings is 1. The number of ether oxygens (including phenoxy) is 2. The Bertz CT molecular complexity index is 593. The molecule has 1 aromatic rings. The van der Waals surface area contributed by atoms with Crippen LogP contribution < -0.4 is 9.47 Å². The predicted octanol–water partition coefficient (Wildman–Crippen LogP) is 2.99. The molecule has 0 bridgehead atoms. The van der Waals surface area contributed by atoms with Gasteiger partial charge >= 0.3 is 0 Å². The van der Waals surface area contributed by atoms with Gasteiger partial charge in [0, 0.05) is 19.6 Å². The predicted molar refractivity (Wildman–Crippen MR) is 99.8 cm³/mol. The summed E-state index contributed by atoms with van der Waals surface area (Å²) in [5.74, 6) is 1.61. The van der Waals surface area contributed by atoms with Crippen LogP contribution in [0.25, 0.3) is 0 Å². The van der Waals surface area contributed by atoms with Gasteiger partial charge in [-0.05, 0) is 44.9 Å². The summed E-state index contributed by atoms with van der Waals surface area (Å²) >= 11 is 0. The first-order valence-corrected chi connectivity index (χ1v) is 8.30. The maximum Gasteiger partial charge on any atom is 0.162 e. The first kappa shape index (κ1) is 18.3. The summed E-state index contributed by atoms with van der Waals surface area (Å²) in [4.78, 5) is 4.48. The van der Waals surface area contributed by atoms with Gasteiger partial charge < -0.3 is 19.3 Å². The van der Waals surface area contributed by atoms with Crippen LogP contribution in [0.1, 0.15) is 0 Å². The first-order chi connectivity index (χ1) is 11.6. The highest BCUT2D eigenvalue weighted by molar-refractivity contribution is 5.41. The minimum absolute atomic E-state index is 0.0614. The van der Waals surface area contributed by atoms with Gasteiger partial charge in [-0.15, -0.1) is 0 Å². The van der Waals surface area contributed by atoms with Gasteiger partial charge in [-0.25, -0.2) is 0 Å². The monoisotopic (exact) mass is 328 g/mol. The van der Waals surface area contributed by atoms with Crippen molar-refractivity contribution in [2.75, 3.05) is 47.4 Å². The summed E-state index contributed by atoms with van der Waals surface area (Å²) < 4.78 is 11.6. The lowest BCUT2D eigenvalue weighted by Gasteiger charge is -2.24. The van der Waals surface area contributed by atoms with Crippen LogP contribution in [0.4, 0.5) is 0 Å². The van der Waals surface area contributed by atoms with Gasteiger partial charge in [0.05, 0.1) is 0 Å². The highest BCUT2D eigenvalue weighted by Crippen LogP contribution is 2.31. The first-order valence-electron chi connectivity index (χ1n) is 8.30. The summed E-state index contributed by atoms with van der Waals surface area (Å²) in [7, 11) is 6.30. The van der Waals surface area contributed by atoms with Crippen LogP contribution in [0.5, 0.6) is 11.5 Å².